The Morgan fingerprint density at radius 1 is 1.20 bits per heavy atom. The summed E-state index contributed by atoms with van der Waals surface area (Å²) in [6.07, 6.45) is 1.65. The lowest BCUT2D eigenvalue weighted by molar-refractivity contribution is 0.0787. The first-order valence-corrected chi connectivity index (χ1v) is 8.46. The fourth-order valence-electron chi connectivity index (χ4n) is 3.59. The van der Waals surface area contributed by atoms with Crippen LogP contribution in [0.4, 0.5) is 0 Å². The highest BCUT2D eigenvalue weighted by atomic mass is 16.2. The Hall–Kier alpha value is -2.73. The molecular formula is C19H21N5O. The predicted octanol–water partition coefficient (Wildman–Crippen LogP) is 1.91. The topological polar surface area (TPSA) is 76.5 Å². The summed E-state index contributed by atoms with van der Waals surface area (Å²) in [5, 5.41) is 4.42. The summed E-state index contributed by atoms with van der Waals surface area (Å²) in [5.74, 6) is 0.128. The molecule has 0 unspecified atom stereocenters. The van der Waals surface area contributed by atoms with E-state index in [2.05, 4.69) is 22.2 Å². The average molecular weight is 335 g/mol. The lowest BCUT2D eigenvalue weighted by Crippen LogP contribution is -2.33. The van der Waals surface area contributed by atoms with Gasteiger partial charge in [-0.3, -0.25) is 4.79 Å². The molecular weight excluding hydrogens is 314 g/mol. The van der Waals surface area contributed by atoms with E-state index in [1.54, 1.807) is 10.7 Å². The van der Waals surface area contributed by atoms with Crippen LogP contribution in [0.5, 0.6) is 0 Å². The molecule has 0 radical (unpaired) electrons. The van der Waals surface area contributed by atoms with E-state index in [1.165, 1.54) is 5.56 Å². The van der Waals surface area contributed by atoms with Gasteiger partial charge in [-0.25, -0.2) is 9.50 Å². The Morgan fingerprint density at radius 3 is 2.72 bits per heavy atom. The van der Waals surface area contributed by atoms with Crippen LogP contribution in [-0.2, 0) is 0 Å². The van der Waals surface area contributed by atoms with Crippen molar-refractivity contribution in [3.05, 3.63) is 65.1 Å². The zero-order valence-corrected chi connectivity index (χ0v) is 14.4. The lowest BCUT2D eigenvalue weighted by Gasteiger charge is -2.17. The van der Waals surface area contributed by atoms with Crippen LogP contribution in [0.1, 0.15) is 33.2 Å². The molecule has 3 aromatic rings. The normalized spacial score (nSPS) is 20.4. The monoisotopic (exact) mass is 335 g/mol. The Morgan fingerprint density at radius 2 is 1.96 bits per heavy atom. The Bertz CT molecular complexity index is 934. The summed E-state index contributed by atoms with van der Waals surface area (Å²) in [7, 11) is 0. The molecule has 2 N–H and O–H groups in total. The maximum Gasteiger partial charge on any atom is 0.257 e. The molecule has 6 heteroatoms. The number of aryl methyl sites for hydroxylation is 2. The largest absolute Gasteiger partial charge is 0.336 e. The summed E-state index contributed by atoms with van der Waals surface area (Å²) >= 11 is 0. The molecule has 1 fully saturated rings. The molecule has 0 bridgehead atoms. The number of nitrogens with zero attached hydrogens (tertiary/aromatic N) is 4. The molecule has 1 saturated heterocycles. The van der Waals surface area contributed by atoms with Crippen LogP contribution in [-0.4, -0.2) is 44.5 Å². The maximum absolute atomic E-state index is 13.0. The van der Waals surface area contributed by atoms with Crippen LogP contribution >= 0.6 is 0 Å². The highest BCUT2D eigenvalue weighted by molar-refractivity contribution is 5.95. The van der Waals surface area contributed by atoms with Gasteiger partial charge in [0, 0.05) is 37.3 Å². The third-order valence-corrected chi connectivity index (χ3v) is 4.96. The van der Waals surface area contributed by atoms with Crippen molar-refractivity contribution in [3.63, 3.8) is 0 Å². The molecule has 1 amide bonds. The number of benzene rings is 1. The number of likely N-dealkylation sites (tertiary alicyclic amines) is 1. The van der Waals surface area contributed by atoms with Crippen LogP contribution < -0.4 is 5.73 Å². The fourth-order valence-corrected chi connectivity index (χ4v) is 3.59. The van der Waals surface area contributed by atoms with E-state index in [0.717, 1.165) is 17.0 Å². The second-order valence-corrected chi connectivity index (χ2v) is 6.70. The van der Waals surface area contributed by atoms with Crippen molar-refractivity contribution in [2.24, 2.45) is 5.73 Å². The third kappa shape index (κ3) is 2.68. The van der Waals surface area contributed by atoms with Crippen LogP contribution in [0.15, 0.2) is 42.6 Å². The number of hydrogen-bond donors (Lipinski definition) is 1. The van der Waals surface area contributed by atoms with Crippen molar-refractivity contribution in [2.75, 3.05) is 13.1 Å². The number of nitrogens with two attached hydrogens (primary N) is 1. The van der Waals surface area contributed by atoms with E-state index in [4.69, 9.17) is 5.73 Å². The smallest absolute Gasteiger partial charge is 0.257 e. The van der Waals surface area contributed by atoms with Gasteiger partial charge in [-0.1, -0.05) is 30.3 Å². The first kappa shape index (κ1) is 15.8. The van der Waals surface area contributed by atoms with E-state index in [9.17, 15) is 4.79 Å². The summed E-state index contributed by atoms with van der Waals surface area (Å²) in [4.78, 5) is 19.2. The summed E-state index contributed by atoms with van der Waals surface area (Å²) in [6.45, 7) is 4.99. The molecule has 6 nitrogen and oxygen atoms in total. The number of carbonyl (C=O) groups is 1. The zero-order valence-electron chi connectivity index (χ0n) is 14.4. The third-order valence-electron chi connectivity index (χ3n) is 4.96. The van der Waals surface area contributed by atoms with Gasteiger partial charge in [0.25, 0.3) is 5.91 Å². The molecule has 25 heavy (non-hydrogen) atoms. The maximum atomic E-state index is 13.0. The van der Waals surface area contributed by atoms with Gasteiger partial charge in [0.15, 0.2) is 5.65 Å². The van der Waals surface area contributed by atoms with Crippen LogP contribution in [0.2, 0.25) is 0 Å². The molecule has 0 spiro atoms. The van der Waals surface area contributed by atoms with Crippen molar-refractivity contribution >= 4 is 11.6 Å². The second-order valence-electron chi connectivity index (χ2n) is 6.70. The minimum atomic E-state index is -0.0599. The molecule has 3 heterocycles. The quantitative estimate of drug-likeness (QED) is 0.776. The molecule has 2 aromatic heterocycles. The highest BCUT2D eigenvalue weighted by Crippen LogP contribution is 2.27. The summed E-state index contributed by atoms with van der Waals surface area (Å²) < 4.78 is 1.73. The fraction of sp³-hybridized carbons (Fsp3) is 0.316. The van der Waals surface area contributed by atoms with Gasteiger partial charge < -0.3 is 10.6 Å². The number of amides is 1. The number of fused-ring (bicyclic) bond motifs is 1. The molecule has 128 valence electrons. The molecule has 4 rings (SSSR count). The molecule has 1 aliphatic rings. The number of hydrogen-bond acceptors (Lipinski definition) is 4. The zero-order chi connectivity index (χ0) is 17.6. The van der Waals surface area contributed by atoms with Gasteiger partial charge in [0.2, 0.25) is 0 Å². The van der Waals surface area contributed by atoms with Gasteiger partial charge >= 0.3 is 0 Å². The second kappa shape index (κ2) is 5.97. The molecule has 0 aliphatic carbocycles. The van der Waals surface area contributed by atoms with Crippen LogP contribution in [0.25, 0.3) is 5.65 Å². The highest BCUT2D eigenvalue weighted by Gasteiger charge is 2.35. The number of rotatable bonds is 2. The minimum absolute atomic E-state index is 0.0334. The summed E-state index contributed by atoms with van der Waals surface area (Å²) in [6, 6.07) is 12.0. The first-order chi connectivity index (χ1) is 12.0. The molecule has 2 atom stereocenters. The molecule has 1 aromatic carbocycles. The molecule has 1 aliphatic heterocycles. The van der Waals surface area contributed by atoms with Gasteiger partial charge in [-0.05, 0) is 19.4 Å². The number of aromatic nitrogens is 3. The van der Waals surface area contributed by atoms with Crippen molar-refractivity contribution in [1.82, 2.24) is 19.5 Å². The Balaban J connectivity index is 1.62. The summed E-state index contributed by atoms with van der Waals surface area (Å²) in [5.41, 5.74) is 10.5. The average Bonchev–Trinajstić information content (AvgIpc) is 3.18. The minimum Gasteiger partial charge on any atom is -0.336 e. The van der Waals surface area contributed by atoms with Crippen LogP contribution in [0.3, 0.4) is 0 Å². The van der Waals surface area contributed by atoms with Gasteiger partial charge in [-0.2, -0.15) is 5.10 Å². The van der Waals surface area contributed by atoms with E-state index < -0.39 is 0 Å². The molecule has 0 saturated carbocycles. The predicted molar refractivity (Wildman–Crippen MR) is 95.5 cm³/mol. The van der Waals surface area contributed by atoms with Crippen LogP contribution in [0, 0.1) is 13.8 Å². The van der Waals surface area contributed by atoms with E-state index in [0.29, 0.717) is 18.7 Å². The van der Waals surface area contributed by atoms with Crippen molar-refractivity contribution < 1.29 is 4.79 Å². The van der Waals surface area contributed by atoms with Crippen molar-refractivity contribution in [3.8, 4) is 0 Å². The van der Waals surface area contributed by atoms with Gasteiger partial charge in [0.1, 0.15) is 0 Å². The van der Waals surface area contributed by atoms with E-state index in [1.807, 2.05) is 43.0 Å². The first-order valence-electron chi connectivity index (χ1n) is 8.46. The van der Waals surface area contributed by atoms with E-state index >= 15 is 0 Å². The number of carbonyl (C=O) groups excluding carboxylic acids is 1. The van der Waals surface area contributed by atoms with E-state index in [-0.39, 0.29) is 17.9 Å². The van der Waals surface area contributed by atoms with Gasteiger partial charge in [-0.15, -0.1) is 0 Å². The Kier molecular flexibility index (Phi) is 3.77. The SMILES string of the molecule is Cc1cc2ncc(C(=O)N3C[C@@H](N)[C@H](c4ccccc4)C3)c(C)n2n1. The lowest BCUT2D eigenvalue weighted by atomic mass is 9.95. The standard InChI is InChI=1S/C19H21N5O/c1-12-8-18-21-9-15(13(2)24(18)22-12)19(25)23-10-16(17(20)11-23)14-6-4-3-5-7-14/h3-9,16-17H,10-11,20H2,1-2H3/t16-,17+/m0/s1. The van der Waals surface area contributed by atoms with Crippen molar-refractivity contribution in [2.45, 2.75) is 25.8 Å². The Labute approximate surface area is 146 Å². The van der Waals surface area contributed by atoms with Gasteiger partial charge in [0.05, 0.1) is 17.0 Å². The van der Waals surface area contributed by atoms with Crippen molar-refractivity contribution in [1.29, 1.82) is 0 Å².